The van der Waals surface area contributed by atoms with E-state index in [0.29, 0.717) is 36.5 Å². The molecule has 0 bridgehead atoms. The standard InChI is InChI=1S/C23H19F4N3O3S/c24-16-5-1-13(2-6-16)18-19(21(31)32)34-20(29-18)14-9-11-30(12-10-14)22(33)28-17-7-3-15(4-8-17)23(25,26)27/h1-8,14H,9-12H2,(H,28,33)(H,31,32)/p-1. The SMILES string of the molecule is O=C([O-])c1sc(C2CCN(C(=O)Nc3ccc(C(F)(F)F)cc3)CC2)nc1-c1ccc(F)cc1. The molecule has 1 aliphatic heterocycles. The topological polar surface area (TPSA) is 85.4 Å². The third-order valence-electron chi connectivity index (χ3n) is 5.54. The Hall–Kier alpha value is -3.47. The van der Waals surface area contributed by atoms with E-state index in [0.717, 1.165) is 23.5 Å². The minimum atomic E-state index is -4.45. The van der Waals surface area contributed by atoms with Crippen LogP contribution in [-0.2, 0) is 6.18 Å². The maximum atomic E-state index is 13.2. The summed E-state index contributed by atoms with van der Waals surface area (Å²) in [6.07, 6.45) is -3.39. The van der Waals surface area contributed by atoms with Crippen LogP contribution in [0.1, 0.15) is 39.0 Å². The lowest BCUT2D eigenvalue weighted by atomic mass is 9.97. The van der Waals surface area contributed by atoms with Gasteiger partial charge < -0.3 is 20.1 Å². The lowest BCUT2D eigenvalue weighted by Gasteiger charge is -2.31. The molecule has 2 aromatic carbocycles. The van der Waals surface area contributed by atoms with Gasteiger partial charge in [-0.15, -0.1) is 11.3 Å². The van der Waals surface area contributed by atoms with Crippen LogP contribution in [0.25, 0.3) is 11.3 Å². The zero-order chi connectivity index (χ0) is 24.5. The highest BCUT2D eigenvalue weighted by Crippen LogP contribution is 2.36. The number of likely N-dealkylation sites (tertiary alicyclic amines) is 1. The number of hydrogen-bond acceptors (Lipinski definition) is 5. The third-order valence-corrected chi connectivity index (χ3v) is 6.74. The largest absolute Gasteiger partial charge is 0.544 e. The highest BCUT2D eigenvalue weighted by atomic mass is 32.1. The Balaban J connectivity index is 1.40. The smallest absolute Gasteiger partial charge is 0.416 e. The van der Waals surface area contributed by atoms with E-state index in [4.69, 9.17) is 0 Å². The third kappa shape index (κ3) is 5.19. The molecular weight excluding hydrogens is 474 g/mol. The number of aromatic nitrogens is 1. The predicted octanol–water partition coefficient (Wildman–Crippen LogP) is 4.74. The van der Waals surface area contributed by atoms with Crippen LogP contribution in [0, 0.1) is 5.82 Å². The van der Waals surface area contributed by atoms with E-state index in [1.165, 1.54) is 36.4 Å². The second kappa shape index (κ2) is 9.41. The lowest BCUT2D eigenvalue weighted by molar-refractivity contribution is -0.254. The summed E-state index contributed by atoms with van der Waals surface area (Å²) in [7, 11) is 0. The molecular formula is C23H18F4N3O3S-. The first-order valence-electron chi connectivity index (χ1n) is 10.3. The monoisotopic (exact) mass is 492 g/mol. The van der Waals surface area contributed by atoms with Crippen molar-refractivity contribution in [3.05, 3.63) is 69.8 Å². The zero-order valence-electron chi connectivity index (χ0n) is 17.6. The fraction of sp³-hybridized carbons (Fsp3) is 0.261. The van der Waals surface area contributed by atoms with Gasteiger partial charge in [-0.1, -0.05) is 0 Å². The summed E-state index contributed by atoms with van der Waals surface area (Å²) in [4.78, 5) is 30.1. The number of hydrogen-bond donors (Lipinski definition) is 1. The molecule has 0 unspecified atom stereocenters. The zero-order valence-corrected chi connectivity index (χ0v) is 18.4. The molecule has 1 saturated heterocycles. The number of carbonyl (C=O) groups excluding carboxylic acids is 2. The van der Waals surface area contributed by atoms with Gasteiger partial charge >= 0.3 is 12.2 Å². The molecule has 1 aliphatic rings. The lowest BCUT2D eigenvalue weighted by Crippen LogP contribution is -2.40. The van der Waals surface area contributed by atoms with Crippen LogP contribution in [0.15, 0.2) is 48.5 Å². The first kappa shape index (κ1) is 23.7. The Morgan fingerprint density at radius 1 is 1.03 bits per heavy atom. The van der Waals surface area contributed by atoms with E-state index in [9.17, 15) is 32.3 Å². The summed E-state index contributed by atoms with van der Waals surface area (Å²) < 4.78 is 51.3. The summed E-state index contributed by atoms with van der Waals surface area (Å²) in [5.74, 6) is -1.89. The summed E-state index contributed by atoms with van der Waals surface area (Å²) in [5.41, 5.74) is 0.146. The number of carbonyl (C=O) groups is 2. The molecule has 1 aromatic heterocycles. The van der Waals surface area contributed by atoms with Crippen molar-refractivity contribution < 1.29 is 32.3 Å². The summed E-state index contributed by atoms with van der Waals surface area (Å²) >= 11 is 1.01. The fourth-order valence-electron chi connectivity index (χ4n) is 3.73. The van der Waals surface area contributed by atoms with E-state index >= 15 is 0 Å². The second-order valence-corrected chi connectivity index (χ2v) is 8.82. The number of carboxylic acid groups (broad SMARTS) is 1. The van der Waals surface area contributed by atoms with Gasteiger partial charge in [0.15, 0.2) is 0 Å². The summed E-state index contributed by atoms with van der Waals surface area (Å²) in [6, 6.07) is 9.12. The van der Waals surface area contributed by atoms with Crippen molar-refractivity contribution in [2.24, 2.45) is 0 Å². The quantitative estimate of drug-likeness (QED) is 0.533. The van der Waals surface area contributed by atoms with Gasteiger partial charge in [-0.25, -0.2) is 14.2 Å². The molecule has 0 radical (unpaired) electrons. The van der Waals surface area contributed by atoms with Crippen LogP contribution < -0.4 is 10.4 Å². The number of nitrogens with one attached hydrogen (secondary N) is 1. The number of rotatable bonds is 4. The molecule has 0 spiro atoms. The number of halogens is 4. The number of nitrogens with zero attached hydrogens (tertiary/aromatic N) is 2. The number of urea groups is 1. The van der Waals surface area contributed by atoms with Gasteiger partial charge in [0.2, 0.25) is 0 Å². The van der Waals surface area contributed by atoms with Gasteiger partial charge in [0, 0.05) is 30.3 Å². The van der Waals surface area contributed by atoms with Gasteiger partial charge in [-0.2, -0.15) is 13.2 Å². The number of thiazole rings is 1. The van der Waals surface area contributed by atoms with Gasteiger partial charge in [0.05, 0.1) is 27.1 Å². The fourth-order valence-corrected chi connectivity index (χ4v) is 4.82. The number of aromatic carboxylic acids is 1. The first-order valence-corrected chi connectivity index (χ1v) is 11.1. The van der Waals surface area contributed by atoms with E-state index < -0.39 is 29.6 Å². The van der Waals surface area contributed by atoms with E-state index in [-0.39, 0.29) is 22.2 Å². The van der Waals surface area contributed by atoms with Crippen LogP contribution in [-0.4, -0.2) is 35.0 Å². The summed E-state index contributed by atoms with van der Waals surface area (Å²) in [5, 5.41) is 14.8. The molecule has 4 rings (SSSR count). The molecule has 0 saturated carbocycles. The van der Waals surface area contributed by atoms with Crippen LogP contribution in [0.2, 0.25) is 0 Å². The van der Waals surface area contributed by atoms with Crippen LogP contribution in [0.4, 0.5) is 28.0 Å². The Labute approximate surface area is 195 Å². The summed E-state index contributed by atoms with van der Waals surface area (Å²) in [6.45, 7) is 0.729. The second-order valence-electron chi connectivity index (χ2n) is 7.79. The van der Waals surface area contributed by atoms with E-state index in [1.807, 2.05) is 0 Å². The van der Waals surface area contributed by atoms with E-state index in [1.54, 1.807) is 4.90 Å². The van der Waals surface area contributed by atoms with Crippen molar-refractivity contribution in [3.63, 3.8) is 0 Å². The number of amides is 2. The van der Waals surface area contributed by atoms with Gasteiger partial charge in [0.25, 0.3) is 0 Å². The minimum absolute atomic E-state index is 0.0379. The molecule has 0 aliphatic carbocycles. The van der Waals surface area contributed by atoms with Crippen LogP contribution >= 0.6 is 11.3 Å². The number of alkyl halides is 3. The van der Waals surface area contributed by atoms with Gasteiger partial charge in [0.1, 0.15) is 5.82 Å². The molecule has 2 amide bonds. The number of anilines is 1. The Kier molecular flexibility index (Phi) is 6.56. The van der Waals surface area contributed by atoms with E-state index in [2.05, 4.69) is 10.3 Å². The molecule has 0 atom stereocenters. The van der Waals surface area contributed by atoms with Crippen LogP contribution in [0.3, 0.4) is 0 Å². The average Bonchev–Trinajstić information content (AvgIpc) is 3.25. The molecule has 178 valence electrons. The van der Waals surface area contributed by atoms with Crippen molar-refractivity contribution in [2.75, 3.05) is 18.4 Å². The van der Waals surface area contributed by atoms with Crippen LogP contribution in [0.5, 0.6) is 0 Å². The normalized spacial score (nSPS) is 14.8. The molecule has 11 heteroatoms. The van der Waals surface area contributed by atoms with Crippen molar-refractivity contribution >= 4 is 29.0 Å². The highest BCUT2D eigenvalue weighted by molar-refractivity contribution is 7.14. The Bertz CT molecular complexity index is 1190. The Morgan fingerprint density at radius 3 is 2.21 bits per heavy atom. The van der Waals surface area contributed by atoms with Crippen molar-refractivity contribution in [1.82, 2.24) is 9.88 Å². The molecule has 2 heterocycles. The molecule has 3 aromatic rings. The molecule has 6 nitrogen and oxygen atoms in total. The predicted molar refractivity (Wildman–Crippen MR) is 116 cm³/mol. The maximum Gasteiger partial charge on any atom is 0.416 e. The van der Waals surface area contributed by atoms with Crippen molar-refractivity contribution in [1.29, 1.82) is 0 Å². The van der Waals surface area contributed by atoms with Crippen molar-refractivity contribution in [2.45, 2.75) is 24.9 Å². The molecule has 1 fully saturated rings. The maximum absolute atomic E-state index is 13.2. The number of benzene rings is 2. The van der Waals surface area contributed by atoms with Gasteiger partial charge in [-0.3, -0.25) is 0 Å². The van der Waals surface area contributed by atoms with Crippen molar-refractivity contribution in [3.8, 4) is 11.3 Å². The number of piperidine rings is 1. The highest BCUT2D eigenvalue weighted by Gasteiger charge is 2.30. The number of carboxylic acids is 1. The Morgan fingerprint density at radius 2 is 1.65 bits per heavy atom. The molecule has 1 N–H and O–H groups in total. The molecule has 34 heavy (non-hydrogen) atoms. The van der Waals surface area contributed by atoms with Gasteiger partial charge in [-0.05, 0) is 61.4 Å². The first-order chi connectivity index (χ1) is 16.1. The minimum Gasteiger partial charge on any atom is -0.544 e. The average molecular weight is 492 g/mol.